The molecule has 2 aromatic carbocycles. The first kappa shape index (κ1) is 36.0. The van der Waals surface area contributed by atoms with Gasteiger partial charge in [0, 0.05) is 31.7 Å². The van der Waals surface area contributed by atoms with Crippen molar-refractivity contribution in [2.24, 2.45) is 0 Å². The minimum atomic E-state index is -0.559. The van der Waals surface area contributed by atoms with Gasteiger partial charge in [0.05, 0.1) is 30.8 Å². The summed E-state index contributed by atoms with van der Waals surface area (Å²) in [6.07, 6.45) is 6.20. The number of nitrogens with zero attached hydrogens (tertiary/aromatic N) is 6. The van der Waals surface area contributed by atoms with Crippen LogP contribution in [0.4, 0.5) is 10.6 Å². The minimum absolute atomic E-state index is 0.00678. The number of amides is 1. The van der Waals surface area contributed by atoms with Gasteiger partial charge >= 0.3 is 12.1 Å². The molecule has 2 aromatic heterocycles. The zero-order chi connectivity index (χ0) is 36.7. The average Bonchev–Trinajstić information content (AvgIpc) is 3.87. The summed E-state index contributed by atoms with van der Waals surface area (Å²) >= 11 is 1.37. The van der Waals surface area contributed by atoms with Crippen LogP contribution in [-0.4, -0.2) is 114 Å². The fourth-order valence-electron chi connectivity index (χ4n) is 8.56. The molecule has 4 fully saturated rings. The van der Waals surface area contributed by atoms with Crippen LogP contribution < -0.4 is 19.1 Å². The van der Waals surface area contributed by atoms with Crippen molar-refractivity contribution in [3.63, 3.8) is 0 Å². The number of piperazine rings is 1. The Labute approximate surface area is 314 Å². The number of aryl methyl sites for hydroxylation is 1. The summed E-state index contributed by atoms with van der Waals surface area (Å²) in [5.41, 5.74) is 1.23. The summed E-state index contributed by atoms with van der Waals surface area (Å²) in [5, 5.41) is 2.40. The van der Waals surface area contributed by atoms with Gasteiger partial charge in [-0.05, 0) is 96.3 Å². The smallest absolute Gasteiger partial charge is 0.410 e. The van der Waals surface area contributed by atoms with E-state index in [0.29, 0.717) is 71.8 Å². The normalized spacial score (nSPS) is 21.1. The van der Waals surface area contributed by atoms with E-state index in [4.69, 9.17) is 43.4 Å². The topological polar surface area (TPSA) is 121 Å². The summed E-state index contributed by atoms with van der Waals surface area (Å²) in [6.45, 7) is 12.8. The maximum Gasteiger partial charge on any atom is 0.410 e. The zero-order valence-electron chi connectivity index (χ0n) is 31.4. The largest absolute Gasteiger partial charge is 0.467 e. The molecule has 4 saturated heterocycles. The molecule has 2 unspecified atom stereocenters. The number of hydrogen-bond donors (Lipinski definition) is 0. The standard InChI is InChI=1S/C39H50N6O7S/c1-25-9-6-10-26-19-29(50-24-48-18-17-47-5)20-30(31(25)26)51-36-40-32-33(43-21-27-11-12-28(22-43)45(27)37(46)52-38(2,3)4)41-35(42-34(32)53-36)49-23-39-13-7-15-44(39)16-8-14-39/h6,9-10,19-20,27-28H,7-8,11-18,21-24H2,1-5H3. The lowest BCUT2D eigenvalue weighted by atomic mass is 9.95. The number of ether oxygens (including phenoxy) is 6. The highest BCUT2D eigenvalue weighted by atomic mass is 32.1. The Balaban J connectivity index is 1.11. The highest BCUT2D eigenvalue weighted by Crippen LogP contribution is 2.43. The molecule has 0 spiro atoms. The summed E-state index contributed by atoms with van der Waals surface area (Å²) in [7, 11) is 1.64. The number of carbonyl (C=O) groups excluding carboxylic acids is 1. The van der Waals surface area contributed by atoms with Crippen LogP contribution >= 0.6 is 11.3 Å². The van der Waals surface area contributed by atoms with E-state index in [1.165, 1.54) is 24.2 Å². The highest BCUT2D eigenvalue weighted by molar-refractivity contribution is 7.19. The third-order valence-electron chi connectivity index (χ3n) is 10.9. The molecular formula is C39H50N6O7S. The van der Waals surface area contributed by atoms with Gasteiger partial charge in [-0.3, -0.25) is 9.80 Å². The number of carbonyl (C=O) groups is 1. The lowest BCUT2D eigenvalue weighted by Gasteiger charge is -2.41. The van der Waals surface area contributed by atoms with Crippen molar-refractivity contribution >= 4 is 44.4 Å². The van der Waals surface area contributed by atoms with Crippen molar-refractivity contribution in [1.29, 1.82) is 0 Å². The molecule has 1 amide bonds. The number of anilines is 1. The van der Waals surface area contributed by atoms with Crippen LogP contribution in [0.25, 0.3) is 21.1 Å². The predicted octanol–water partition coefficient (Wildman–Crippen LogP) is 6.93. The molecule has 0 radical (unpaired) electrons. The van der Waals surface area contributed by atoms with Crippen LogP contribution in [0.2, 0.25) is 0 Å². The van der Waals surface area contributed by atoms with Gasteiger partial charge in [0.25, 0.3) is 5.19 Å². The fourth-order valence-corrected chi connectivity index (χ4v) is 9.35. The maximum atomic E-state index is 13.3. The Kier molecular flexibility index (Phi) is 9.98. The number of thiazole rings is 1. The summed E-state index contributed by atoms with van der Waals surface area (Å²) in [5.74, 6) is 1.96. The number of rotatable bonds is 12. The van der Waals surface area contributed by atoms with Gasteiger partial charge in [-0.15, -0.1) is 0 Å². The van der Waals surface area contributed by atoms with E-state index in [-0.39, 0.29) is 30.5 Å². The Hall–Kier alpha value is -3.98. The minimum Gasteiger partial charge on any atom is -0.467 e. The van der Waals surface area contributed by atoms with Crippen molar-refractivity contribution in [3.05, 3.63) is 35.9 Å². The molecule has 8 rings (SSSR count). The molecule has 6 heterocycles. The Morgan fingerprint density at radius 2 is 1.77 bits per heavy atom. The van der Waals surface area contributed by atoms with Crippen molar-refractivity contribution < 1.29 is 33.2 Å². The van der Waals surface area contributed by atoms with Crippen LogP contribution in [-0.2, 0) is 14.2 Å². The van der Waals surface area contributed by atoms with E-state index in [1.807, 2.05) is 49.9 Å². The first-order chi connectivity index (χ1) is 25.6. The van der Waals surface area contributed by atoms with Crippen molar-refractivity contribution in [3.8, 4) is 22.7 Å². The van der Waals surface area contributed by atoms with E-state index in [2.05, 4.69) is 22.8 Å². The lowest BCUT2D eigenvalue weighted by molar-refractivity contribution is -0.00846. The van der Waals surface area contributed by atoms with Gasteiger partial charge in [0.1, 0.15) is 29.2 Å². The molecule has 53 heavy (non-hydrogen) atoms. The maximum absolute atomic E-state index is 13.3. The second-order valence-corrected chi connectivity index (χ2v) is 16.6. The molecule has 0 N–H and O–H groups in total. The summed E-state index contributed by atoms with van der Waals surface area (Å²) in [6, 6.07) is 10.4. The van der Waals surface area contributed by atoms with Crippen molar-refractivity contribution in [1.82, 2.24) is 24.8 Å². The zero-order valence-corrected chi connectivity index (χ0v) is 32.2. The van der Waals surface area contributed by atoms with Gasteiger partial charge in [0.15, 0.2) is 17.4 Å². The number of methoxy groups -OCH3 is 1. The average molecular weight is 747 g/mol. The molecule has 0 aliphatic carbocycles. The van der Waals surface area contributed by atoms with Crippen LogP contribution in [0.3, 0.4) is 0 Å². The molecule has 2 bridgehead atoms. The summed E-state index contributed by atoms with van der Waals surface area (Å²) in [4.78, 5) is 35.8. The van der Waals surface area contributed by atoms with E-state index in [0.717, 1.165) is 55.1 Å². The first-order valence-corrected chi connectivity index (χ1v) is 19.6. The first-order valence-electron chi connectivity index (χ1n) is 18.8. The second kappa shape index (κ2) is 14.7. The molecule has 284 valence electrons. The molecule has 0 saturated carbocycles. The van der Waals surface area contributed by atoms with Gasteiger partial charge < -0.3 is 33.3 Å². The van der Waals surface area contributed by atoms with E-state index < -0.39 is 5.60 Å². The molecule has 4 aliphatic rings. The Bertz CT molecular complexity index is 1940. The van der Waals surface area contributed by atoms with Gasteiger partial charge in [-0.2, -0.15) is 15.0 Å². The summed E-state index contributed by atoms with van der Waals surface area (Å²) < 4.78 is 35.6. The van der Waals surface area contributed by atoms with Crippen molar-refractivity contribution in [2.75, 3.05) is 64.8 Å². The SMILES string of the molecule is COCCOCOc1cc(Oc2nc3c(N4CC5CCC(C4)N5C(=O)OC(C)(C)C)nc(OCC45CCCN4CCC5)nc3s2)c2c(C)cccc2c1. The van der Waals surface area contributed by atoms with Crippen molar-refractivity contribution in [2.45, 2.75) is 89.4 Å². The molecule has 4 aromatic rings. The van der Waals surface area contributed by atoms with E-state index in [9.17, 15) is 4.79 Å². The second-order valence-electron chi connectivity index (χ2n) is 15.7. The number of benzene rings is 2. The highest BCUT2D eigenvalue weighted by Gasteiger charge is 2.46. The van der Waals surface area contributed by atoms with Gasteiger partial charge in [-0.25, -0.2) is 4.79 Å². The van der Waals surface area contributed by atoms with Crippen LogP contribution in [0.5, 0.6) is 22.7 Å². The Morgan fingerprint density at radius 3 is 2.51 bits per heavy atom. The molecule has 2 atom stereocenters. The van der Waals surface area contributed by atoms with E-state index in [1.54, 1.807) is 7.11 Å². The van der Waals surface area contributed by atoms with E-state index >= 15 is 0 Å². The predicted molar refractivity (Wildman–Crippen MR) is 203 cm³/mol. The molecule has 13 nitrogen and oxygen atoms in total. The third-order valence-corrected chi connectivity index (χ3v) is 11.8. The van der Waals surface area contributed by atoms with Crippen LogP contribution in [0.15, 0.2) is 30.3 Å². The lowest BCUT2D eigenvalue weighted by Crippen LogP contribution is -2.57. The molecule has 14 heteroatoms. The monoisotopic (exact) mass is 746 g/mol. The molecule has 4 aliphatic heterocycles. The van der Waals surface area contributed by atoms with Gasteiger partial charge in [0.2, 0.25) is 0 Å². The third kappa shape index (κ3) is 7.43. The molecular weight excluding hydrogens is 697 g/mol. The quantitative estimate of drug-likeness (QED) is 0.110. The van der Waals surface area contributed by atoms with Crippen LogP contribution in [0.1, 0.15) is 64.9 Å². The number of fused-ring (bicyclic) bond motifs is 5. The fraction of sp³-hybridized carbons (Fsp3) is 0.590. The number of hydrogen-bond acceptors (Lipinski definition) is 13. The number of aromatic nitrogens is 3. The van der Waals surface area contributed by atoms with Gasteiger partial charge in [-0.1, -0.05) is 29.5 Å². The Morgan fingerprint density at radius 1 is 1.00 bits per heavy atom. The van der Waals surface area contributed by atoms with Crippen LogP contribution in [0, 0.1) is 6.92 Å².